The smallest absolute Gasteiger partial charge is 0.171 e. The van der Waals surface area contributed by atoms with Crippen LogP contribution < -0.4 is 0 Å². The molecule has 10 rings (SSSR count). The number of hydrogen-bond acceptors (Lipinski definition) is 0. The predicted octanol–water partition coefficient (Wildman–Crippen LogP) is 13.8. The summed E-state index contributed by atoms with van der Waals surface area (Å²) in [6.07, 6.45) is 0. The quantitative estimate of drug-likeness (QED) is 0.0886. The number of hydrogen-bond donors (Lipinski definition) is 0. The van der Waals surface area contributed by atoms with Crippen LogP contribution in [-0.4, -0.2) is 6.88 Å². The zero-order valence-corrected chi connectivity index (χ0v) is 33.9. The Labute approximate surface area is 330 Å². The third-order valence-electron chi connectivity index (χ3n) is 9.18. The van der Waals surface area contributed by atoms with Gasteiger partial charge in [-0.15, -0.1) is 74.3 Å². The molecule has 0 aliphatic carbocycles. The van der Waals surface area contributed by atoms with Crippen LogP contribution in [0.25, 0.3) is 65.0 Å². The van der Waals surface area contributed by atoms with Crippen molar-refractivity contribution in [3.05, 3.63) is 217 Å². The average Bonchev–Trinajstić information content (AvgIpc) is 3.79. The summed E-state index contributed by atoms with van der Waals surface area (Å²) in [5.41, 5.74) is 6.62. The first-order chi connectivity index (χ1) is 26.0. The molecule has 0 saturated carbocycles. The van der Waals surface area contributed by atoms with E-state index in [-0.39, 0.29) is 0 Å². The second-order valence-corrected chi connectivity index (χ2v) is 13.0. The molecule has 0 heterocycles. The third kappa shape index (κ3) is 9.27. The number of rotatable bonds is 1. The van der Waals surface area contributed by atoms with Crippen molar-refractivity contribution in [1.29, 1.82) is 0 Å². The van der Waals surface area contributed by atoms with Crippen LogP contribution in [0.3, 0.4) is 0 Å². The Morgan fingerprint density at radius 3 is 1.49 bits per heavy atom. The van der Waals surface area contributed by atoms with E-state index in [4.69, 9.17) is 0 Å². The van der Waals surface area contributed by atoms with Crippen molar-refractivity contribution >= 4 is 60.7 Å². The fraction of sp³-hybridized carbons (Fsp3) is 0.0588. The fourth-order valence-corrected chi connectivity index (χ4v) is 6.84. The van der Waals surface area contributed by atoms with Gasteiger partial charge in [0.2, 0.25) is 0 Å². The van der Waals surface area contributed by atoms with Gasteiger partial charge >= 0.3 is 30.2 Å². The van der Waals surface area contributed by atoms with Gasteiger partial charge in [-0.1, -0.05) is 102 Å². The second-order valence-electron chi connectivity index (χ2n) is 13.0. The fourth-order valence-electron chi connectivity index (χ4n) is 6.84. The molecular formula is C51H40SiZr-4. The molecule has 0 bridgehead atoms. The molecule has 0 amide bonds. The zero-order chi connectivity index (χ0) is 37.0. The van der Waals surface area contributed by atoms with Gasteiger partial charge in [0.1, 0.15) is 0 Å². The van der Waals surface area contributed by atoms with E-state index in [0.29, 0.717) is 0 Å². The van der Waals surface area contributed by atoms with Gasteiger partial charge in [-0.05, 0) is 47.0 Å². The first-order valence-corrected chi connectivity index (χ1v) is 21.9. The molecular weight excluding hydrogens is 732 g/mol. The second kappa shape index (κ2) is 18.6. The SMILES string of the molecule is Cc1cc2c(-c3cc4ccccc4c4ccccc34)cccc2[cH-]1.Cc1ccc2c(c1)[cH-]c1cc(C)ccc12.[Si]=[Zr].[c-]1ccccc1.[c-]1ccccc1. The van der Waals surface area contributed by atoms with Crippen LogP contribution in [0.15, 0.2) is 188 Å². The molecule has 10 aromatic carbocycles. The van der Waals surface area contributed by atoms with Crippen molar-refractivity contribution in [3.63, 3.8) is 0 Å². The summed E-state index contributed by atoms with van der Waals surface area (Å²) >= 11 is 1.36. The number of benzene rings is 8. The maximum Gasteiger partial charge on any atom is -0.171 e. The Morgan fingerprint density at radius 2 is 0.943 bits per heavy atom. The summed E-state index contributed by atoms with van der Waals surface area (Å²) in [6, 6.07) is 71.5. The van der Waals surface area contributed by atoms with Crippen molar-refractivity contribution in [2.75, 3.05) is 0 Å². The summed E-state index contributed by atoms with van der Waals surface area (Å²) in [5, 5.41) is 13.4. The van der Waals surface area contributed by atoms with E-state index >= 15 is 0 Å². The maximum atomic E-state index is 3.06. The average molecular weight is 772 g/mol. The van der Waals surface area contributed by atoms with E-state index in [9.17, 15) is 0 Å². The van der Waals surface area contributed by atoms with E-state index in [0.717, 1.165) is 0 Å². The van der Waals surface area contributed by atoms with Crippen molar-refractivity contribution in [1.82, 2.24) is 0 Å². The van der Waals surface area contributed by atoms with Crippen molar-refractivity contribution in [2.45, 2.75) is 20.8 Å². The first kappa shape index (κ1) is 37.6. The number of fused-ring (bicyclic) bond motifs is 7. The van der Waals surface area contributed by atoms with Crippen LogP contribution >= 0.6 is 0 Å². The molecule has 0 aliphatic heterocycles. The number of aryl methyl sites for hydroxylation is 3. The molecule has 0 nitrogen and oxygen atoms in total. The molecule has 256 valence electrons. The molecule has 0 saturated heterocycles. The molecule has 0 spiro atoms. The largest absolute Gasteiger partial charge is 0.184 e. The first-order valence-electron chi connectivity index (χ1n) is 17.8. The van der Waals surface area contributed by atoms with Crippen molar-refractivity contribution in [2.24, 2.45) is 0 Å². The Kier molecular flexibility index (Phi) is 13.2. The van der Waals surface area contributed by atoms with Gasteiger partial charge in [-0.3, -0.25) is 0 Å². The minimum absolute atomic E-state index is 1.30. The van der Waals surface area contributed by atoms with Gasteiger partial charge in [-0.25, -0.2) is 0 Å². The summed E-state index contributed by atoms with van der Waals surface area (Å²) in [6.45, 7) is 9.51. The molecule has 0 aliphatic rings. The minimum atomic E-state index is 1.30. The third-order valence-corrected chi connectivity index (χ3v) is 9.18. The standard InChI is InChI=1S/C24H17.C15H13.2C6H5.Si.Zr/c1-16-13-17-8-6-12-22(23(17)14-16)24-15-18-7-2-3-9-19(18)20-10-4-5-11-21(20)24;1-10-3-5-14-12(7-10)9-13-8-11(2)4-6-15(13)14;2*1-2-4-6-5-3-1;;/h2-15H,1H3;3-9H,1-2H3;2*1-5H;;/q4*-1;;. The van der Waals surface area contributed by atoms with Crippen molar-refractivity contribution < 1.29 is 23.3 Å². The molecule has 0 atom stereocenters. The monoisotopic (exact) mass is 770 g/mol. The summed E-state index contributed by atoms with van der Waals surface area (Å²) < 4.78 is 0. The van der Waals surface area contributed by atoms with E-state index in [1.165, 1.54) is 105 Å². The molecule has 2 radical (unpaired) electrons. The molecule has 2 heteroatoms. The molecule has 0 aromatic heterocycles. The molecule has 0 unspecified atom stereocenters. The van der Waals surface area contributed by atoms with Crippen LogP contribution in [0.5, 0.6) is 0 Å². The molecule has 0 fully saturated rings. The van der Waals surface area contributed by atoms with E-state index in [2.05, 4.69) is 167 Å². The minimum Gasteiger partial charge on any atom is -0.184 e. The topological polar surface area (TPSA) is 0 Å². The van der Waals surface area contributed by atoms with E-state index in [1.54, 1.807) is 0 Å². The van der Waals surface area contributed by atoms with Crippen LogP contribution in [0.1, 0.15) is 16.7 Å². The van der Waals surface area contributed by atoms with Gasteiger partial charge in [0.05, 0.1) is 0 Å². The van der Waals surface area contributed by atoms with E-state index < -0.39 is 0 Å². The van der Waals surface area contributed by atoms with Gasteiger partial charge in [0, 0.05) is 0 Å². The van der Waals surface area contributed by atoms with Crippen molar-refractivity contribution in [3.8, 4) is 11.1 Å². The van der Waals surface area contributed by atoms with Crippen LogP contribution in [0.2, 0.25) is 0 Å². The summed E-state index contributed by atoms with van der Waals surface area (Å²) in [7, 11) is 0. The predicted molar refractivity (Wildman–Crippen MR) is 228 cm³/mol. The van der Waals surface area contributed by atoms with Crippen LogP contribution in [0.4, 0.5) is 0 Å². The Hall–Kier alpha value is -5.14. The van der Waals surface area contributed by atoms with Crippen LogP contribution in [-0.2, 0) is 23.3 Å². The van der Waals surface area contributed by atoms with Gasteiger partial charge in [0.15, 0.2) is 0 Å². The zero-order valence-electron chi connectivity index (χ0n) is 30.4. The normalized spacial score (nSPS) is 10.3. The molecule has 0 N–H and O–H groups in total. The molecule has 10 aromatic rings. The maximum absolute atomic E-state index is 3.06. The van der Waals surface area contributed by atoms with Gasteiger partial charge < -0.3 is 0 Å². The van der Waals surface area contributed by atoms with Crippen LogP contribution in [0, 0.1) is 32.9 Å². The summed E-state index contributed by atoms with van der Waals surface area (Å²) in [5.74, 6) is 0. The summed E-state index contributed by atoms with van der Waals surface area (Å²) in [4.78, 5) is 0. The Balaban J connectivity index is 0.000000140. The van der Waals surface area contributed by atoms with Gasteiger partial charge in [-0.2, -0.15) is 78.9 Å². The van der Waals surface area contributed by atoms with E-state index in [1.807, 2.05) is 60.7 Å². The Morgan fingerprint density at radius 1 is 0.396 bits per heavy atom. The Bertz CT molecular complexity index is 2540. The molecule has 53 heavy (non-hydrogen) atoms. The van der Waals surface area contributed by atoms with Gasteiger partial charge in [0.25, 0.3) is 0 Å².